The van der Waals surface area contributed by atoms with Crippen molar-refractivity contribution in [3.8, 4) is 5.75 Å². The molecule has 3 aromatic rings. The average Bonchev–Trinajstić information content (AvgIpc) is 3.20. The van der Waals surface area contributed by atoms with Gasteiger partial charge in [0.2, 0.25) is 10.0 Å². The molecule has 11 heteroatoms. The fourth-order valence-corrected chi connectivity index (χ4v) is 6.46. The van der Waals surface area contributed by atoms with Gasteiger partial charge >= 0.3 is 5.97 Å². The molecule has 1 aliphatic rings. The van der Waals surface area contributed by atoms with Gasteiger partial charge in [0.15, 0.2) is 4.80 Å². The van der Waals surface area contributed by atoms with E-state index in [0.29, 0.717) is 29.9 Å². The van der Waals surface area contributed by atoms with Gasteiger partial charge in [-0.15, -0.1) is 0 Å². The van der Waals surface area contributed by atoms with Gasteiger partial charge in [0.1, 0.15) is 12.3 Å². The Hall–Kier alpha value is -3.02. The van der Waals surface area contributed by atoms with Crippen LogP contribution in [0.5, 0.6) is 5.75 Å². The molecule has 1 aromatic heterocycles. The van der Waals surface area contributed by atoms with Gasteiger partial charge in [-0.1, -0.05) is 23.5 Å². The molecule has 1 fully saturated rings. The SMILES string of the molecule is COC(=O)Cn1c(=NC(=O)C2CCCN(S(=O)(=O)c3ccc(OC)cc3)C2)sc2ccccc21. The van der Waals surface area contributed by atoms with Crippen molar-refractivity contribution < 1.29 is 27.5 Å². The van der Waals surface area contributed by atoms with Crippen LogP contribution in [0.2, 0.25) is 0 Å². The summed E-state index contributed by atoms with van der Waals surface area (Å²) in [7, 11) is -0.936. The number of fused-ring (bicyclic) bond motifs is 1. The molecule has 34 heavy (non-hydrogen) atoms. The van der Waals surface area contributed by atoms with Crippen LogP contribution in [-0.4, -0.2) is 56.5 Å². The molecule has 180 valence electrons. The molecular formula is C23H25N3O6S2. The minimum absolute atomic E-state index is 0.0542. The fraction of sp³-hybridized carbons (Fsp3) is 0.348. The lowest BCUT2D eigenvalue weighted by molar-refractivity contribution is -0.141. The van der Waals surface area contributed by atoms with E-state index in [-0.39, 0.29) is 18.0 Å². The van der Waals surface area contributed by atoms with E-state index in [4.69, 9.17) is 9.47 Å². The lowest BCUT2D eigenvalue weighted by atomic mass is 9.99. The molecule has 0 bridgehead atoms. The van der Waals surface area contributed by atoms with Crippen molar-refractivity contribution in [2.24, 2.45) is 10.9 Å². The molecule has 1 unspecified atom stereocenters. The van der Waals surface area contributed by atoms with Crippen LogP contribution >= 0.6 is 11.3 Å². The Morgan fingerprint density at radius 3 is 2.56 bits per heavy atom. The van der Waals surface area contributed by atoms with Gasteiger partial charge < -0.3 is 14.0 Å². The number of esters is 1. The Balaban J connectivity index is 1.60. The van der Waals surface area contributed by atoms with Crippen molar-refractivity contribution in [1.82, 2.24) is 8.87 Å². The molecule has 1 saturated heterocycles. The van der Waals surface area contributed by atoms with Crippen LogP contribution in [0.4, 0.5) is 0 Å². The van der Waals surface area contributed by atoms with Gasteiger partial charge in [-0.25, -0.2) is 8.42 Å². The van der Waals surface area contributed by atoms with E-state index in [1.165, 1.54) is 42.0 Å². The van der Waals surface area contributed by atoms with Crippen molar-refractivity contribution in [1.29, 1.82) is 0 Å². The number of methoxy groups -OCH3 is 2. The molecule has 1 atom stereocenters. The maximum absolute atomic E-state index is 13.1. The van der Waals surface area contributed by atoms with Crippen LogP contribution in [-0.2, 0) is 30.9 Å². The topological polar surface area (TPSA) is 107 Å². The molecule has 2 aromatic carbocycles. The van der Waals surface area contributed by atoms with E-state index >= 15 is 0 Å². The van der Waals surface area contributed by atoms with Crippen LogP contribution in [0, 0.1) is 5.92 Å². The van der Waals surface area contributed by atoms with Crippen LogP contribution in [0.1, 0.15) is 12.8 Å². The molecule has 0 saturated carbocycles. The van der Waals surface area contributed by atoms with Crippen LogP contribution < -0.4 is 9.54 Å². The third-order valence-corrected chi connectivity index (χ3v) is 8.68. The van der Waals surface area contributed by atoms with Gasteiger partial charge in [0, 0.05) is 13.1 Å². The molecule has 1 aliphatic heterocycles. The lowest BCUT2D eigenvalue weighted by Gasteiger charge is -2.30. The van der Waals surface area contributed by atoms with Gasteiger partial charge in [-0.05, 0) is 49.2 Å². The predicted octanol–water partition coefficient (Wildman–Crippen LogP) is 2.41. The first-order valence-corrected chi connectivity index (χ1v) is 13.0. The summed E-state index contributed by atoms with van der Waals surface area (Å²) in [4.78, 5) is 29.9. The fourth-order valence-electron chi connectivity index (χ4n) is 3.90. The molecule has 9 nitrogen and oxygen atoms in total. The van der Waals surface area contributed by atoms with Gasteiger partial charge in [-0.2, -0.15) is 9.30 Å². The van der Waals surface area contributed by atoms with Gasteiger partial charge in [0.05, 0.1) is 35.2 Å². The number of carbonyl (C=O) groups is 2. The molecule has 2 heterocycles. The lowest BCUT2D eigenvalue weighted by Crippen LogP contribution is -2.42. The van der Waals surface area contributed by atoms with E-state index in [9.17, 15) is 18.0 Å². The summed E-state index contributed by atoms with van der Waals surface area (Å²) >= 11 is 1.30. The summed E-state index contributed by atoms with van der Waals surface area (Å²) in [5.41, 5.74) is 0.775. The zero-order valence-electron chi connectivity index (χ0n) is 18.8. The second-order valence-electron chi connectivity index (χ2n) is 7.84. The van der Waals surface area contributed by atoms with E-state index in [2.05, 4.69) is 4.99 Å². The first kappa shape index (κ1) is 24.1. The Bertz CT molecular complexity index is 1380. The van der Waals surface area contributed by atoms with E-state index in [0.717, 1.165) is 10.2 Å². The van der Waals surface area contributed by atoms with Crippen molar-refractivity contribution in [3.05, 3.63) is 53.3 Å². The number of thiazole rings is 1. The normalized spacial score (nSPS) is 17.6. The summed E-state index contributed by atoms with van der Waals surface area (Å²) in [6.45, 7) is 0.317. The summed E-state index contributed by atoms with van der Waals surface area (Å²) in [6, 6.07) is 13.6. The quantitative estimate of drug-likeness (QED) is 0.478. The molecular weight excluding hydrogens is 478 g/mol. The number of sulfonamides is 1. The minimum atomic E-state index is -3.75. The van der Waals surface area contributed by atoms with Crippen LogP contribution in [0.25, 0.3) is 10.2 Å². The highest BCUT2D eigenvalue weighted by molar-refractivity contribution is 7.89. The minimum Gasteiger partial charge on any atom is -0.497 e. The second-order valence-corrected chi connectivity index (χ2v) is 10.8. The highest BCUT2D eigenvalue weighted by atomic mass is 32.2. The number of hydrogen-bond donors (Lipinski definition) is 0. The molecule has 4 rings (SSSR count). The molecule has 0 radical (unpaired) electrons. The average molecular weight is 504 g/mol. The van der Waals surface area contributed by atoms with Crippen molar-refractivity contribution in [2.75, 3.05) is 27.3 Å². The Morgan fingerprint density at radius 1 is 1.12 bits per heavy atom. The first-order valence-electron chi connectivity index (χ1n) is 10.7. The molecule has 0 N–H and O–H groups in total. The monoisotopic (exact) mass is 503 g/mol. The number of ether oxygens (including phenoxy) is 2. The Morgan fingerprint density at radius 2 is 1.85 bits per heavy atom. The zero-order chi connectivity index (χ0) is 24.3. The number of nitrogens with zero attached hydrogens (tertiary/aromatic N) is 3. The highest BCUT2D eigenvalue weighted by Gasteiger charge is 2.33. The summed E-state index contributed by atoms with van der Waals surface area (Å²) in [5, 5.41) is 0. The van der Waals surface area contributed by atoms with Gasteiger partial charge in [0.25, 0.3) is 5.91 Å². The zero-order valence-corrected chi connectivity index (χ0v) is 20.5. The third-order valence-electron chi connectivity index (χ3n) is 5.74. The van der Waals surface area contributed by atoms with Gasteiger partial charge in [-0.3, -0.25) is 9.59 Å². The first-order chi connectivity index (χ1) is 16.3. The van der Waals surface area contributed by atoms with Crippen LogP contribution in [0.3, 0.4) is 0 Å². The van der Waals surface area contributed by atoms with E-state index < -0.39 is 27.8 Å². The number of benzene rings is 2. The van der Waals surface area contributed by atoms with Crippen molar-refractivity contribution >= 4 is 43.5 Å². The maximum Gasteiger partial charge on any atom is 0.325 e. The number of aromatic nitrogens is 1. The standard InChI is InChI=1S/C23H25N3O6S2/c1-31-17-9-11-18(12-10-17)34(29,30)25-13-5-6-16(14-25)22(28)24-23-26(15-21(27)32-2)19-7-3-4-8-20(19)33-23/h3-4,7-12,16H,5-6,13-15H2,1-2H3. The summed E-state index contributed by atoms with van der Waals surface area (Å²) in [5.74, 6) is -0.863. The number of para-hydroxylation sites is 1. The Labute approximate surface area is 201 Å². The van der Waals surface area contributed by atoms with Crippen molar-refractivity contribution in [2.45, 2.75) is 24.3 Å². The summed E-state index contributed by atoms with van der Waals surface area (Å²) in [6.07, 6.45) is 1.09. The molecule has 1 amide bonds. The predicted molar refractivity (Wildman–Crippen MR) is 127 cm³/mol. The number of piperidine rings is 1. The maximum atomic E-state index is 13.1. The molecule has 0 spiro atoms. The largest absolute Gasteiger partial charge is 0.497 e. The number of amides is 1. The number of hydrogen-bond acceptors (Lipinski definition) is 7. The van der Waals surface area contributed by atoms with Crippen LogP contribution in [0.15, 0.2) is 58.4 Å². The highest BCUT2D eigenvalue weighted by Crippen LogP contribution is 2.26. The number of rotatable bonds is 6. The number of carbonyl (C=O) groups excluding carboxylic acids is 2. The second kappa shape index (κ2) is 10.1. The van der Waals surface area contributed by atoms with Crippen molar-refractivity contribution in [3.63, 3.8) is 0 Å². The van der Waals surface area contributed by atoms with E-state index in [1.807, 2.05) is 24.3 Å². The third kappa shape index (κ3) is 4.91. The smallest absolute Gasteiger partial charge is 0.325 e. The van der Waals surface area contributed by atoms with E-state index in [1.54, 1.807) is 16.7 Å². The summed E-state index contributed by atoms with van der Waals surface area (Å²) < 4.78 is 40.0. The Kier molecular flexibility index (Phi) is 7.15. The molecule has 0 aliphatic carbocycles.